The van der Waals surface area contributed by atoms with Gasteiger partial charge in [0.15, 0.2) is 0 Å². The fourth-order valence-electron chi connectivity index (χ4n) is 2.06. The van der Waals surface area contributed by atoms with Gasteiger partial charge in [0, 0.05) is 27.8 Å². The van der Waals surface area contributed by atoms with Gasteiger partial charge in [-0.05, 0) is 47.3 Å². The smallest absolute Gasteiger partial charge is 0.0564 e. The lowest BCUT2D eigenvalue weighted by molar-refractivity contribution is 0.206. The number of rotatable bonds is 6. The van der Waals surface area contributed by atoms with E-state index >= 15 is 0 Å². The summed E-state index contributed by atoms with van der Waals surface area (Å²) in [6.45, 7) is 5.25. The SMILES string of the molecule is CCN(CC1CC1)C(CN)c1cc(Br)cs1. The first-order valence-corrected chi connectivity index (χ1v) is 7.60. The molecular weight excluding hydrogens is 284 g/mol. The normalized spacial score (nSPS) is 18.0. The fourth-order valence-corrected chi connectivity index (χ4v) is 3.65. The van der Waals surface area contributed by atoms with Crippen molar-refractivity contribution in [3.8, 4) is 0 Å². The van der Waals surface area contributed by atoms with Crippen molar-refractivity contribution in [2.75, 3.05) is 19.6 Å². The summed E-state index contributed by atoms with van der Waals surface area (Å²) in [6, 6.07) is 2.61. The molecular formula is C12H19BrN2S. The molecule has 4 heteroatoms. The first kappa shape index (κ1) is 12.6. The lowest BCUT2D eigenvalue weighted by Gasteiger charge is -2.29. The van der Waals surface area contributed by atoms with Crippen LogP contribution in [0.25, 0.3) is 0 Å². The van der Waals surface area contributed by atoms with Crippen LogP contribution in [0.5, 0.6) is 0 Å². The van der Waals surface area contributed by atoms with Crippen molar-refractivity contribution >= 4 is 27.3 Å². The van der Waals surface area contributed by atoms with E-state index in [2.05, 4.69) is 39.2 Å². The minimum absolute atomic E-state index is 0.405. The zero-order valence-electron chi connectivity index (χ0n) is 9.66. The molecule has 90 valence electrons. The Kier molecular flexibility index (Phi) is 4.41. The van der Waals surface area contributed by atoms with Crippen LogP contribution in [-0.2, 0) is 0 Å². The first-order valence-electron chi connectivity index (χ1n) is 5.92. The Morgan fingerprint density at radius 1 is 1.62 bits per heavy atom. The van der Waals surface area contributed by atoms with E-state index in [9.17, 15) is 0 Å². The number of nitrogens with zero attached hydrogens (tertiary/aromatic N) is 1. The molecule has 0 bridgehead atoms. The largest absolute Gasteiger partial charge is 0.329 e. The molecule has 0 aromatic carbocycles. The highest BCUT2D eigenvalue weighted by Gasteiger charge is 2.27. The van der Waals surface area contributed by atoms with E-state index in [4.69, 9.17) is 5.73 Å². The van der Waals surface area contributed by atoms with Crippen molar-refractivity contribution in [1.29, 1.82) is 0 Å². The van der Waals surface area contributed by atoms with E-state index in [0.29, 0.717) is 12.6 Å². The van der Waals surface area contributed by atoms with Crippen molar-refractivity contribution in [2.24, 2.45) is 11.7 Å². The predicted molar refractivity (Wildman–Crippen MR) is 73.8 cm³/mol. The molecule has 2 nitrogen and oxygen atoms in total. The Labute approximate surface area is 110 Å². The molecule has 1 aliphatic carbocycles. The van der Waals surface area contributed by atoms with E-state index in [-0.39, 0.29) is 0 Å². The van der Waals surface area contributed by atoms with Crippen LogP contribution < -0.4 is 5.73 Å². The van der Waals surface area contributed by atoms with Gasteiger partial charge in [0.2, 0.25) is 0 Å². The summed E-state index contributed by atoms with van der Waals surface area (Å²) < 4.78 is 1.17. The highest BCUT2D eigenvalue weighted by Crippen LogP contribution is 2.34. The zero-order valence-corrected chi connectivity index (χ0v) is 12.1. The van der Waals surface area contributed by atoms with E-state index in [1.807, 2.05) is 0 Å². The third-order valence-corrected chi connectivity index (χ3v) is 4.97. The third-order valence-electron chi connectivity index (χ3n) is 3.18. The summed E-state index contributed by atoms with van der Waals surface area (Å²) in [7, 11) is 0. The maximum absolute atomic E-state index is 5.94. The minimum Gasteiger partial charge on any atom is -0.329 e. The average molecular weight is 303 g/mol. The third kappa shape index (κ3) is 3.06. The molecule has 0 spiro atoms. The lowest BCUT2D eigenvalue weighted by Crippen LogP contribution is -2.34. The number of thiophene rings is 1. The van der Waals surface area contributed by atoms with Gasteiger partial charge in [-0.3, -0.25) is 4.90 Å². The van der Waals surface area contributed by atoms with Crippen molar-refractivity contribution < 1.29 is 0 Å². The average Bonchev–Trinajstić information content (AvgIpc) is 3.00. The molecule has 0 aliphatic heterocycles. The minimum atomic E-state index is 0.405. The van der Waals surface area contributed by atoms with Gasteiger partial charge >= 0.3 is 0 Å². The van der Waals surface area contributed by atoms with Crippen LogP contribution in [-0.4, -0.2) is 24.5 Å². The van der Waals surface area contributed by atoms with Gasteiger partial charge in [0.1, 0.15) is 0 Å². The van der Waals surface area contributed by atoms with Gasteiger partial charge in [-0.25, -0.2) is 0 Å². The summed E-state index contributed by atoms with van der Waals surface area (Å²) in [5.74, 6) is 0.928. The molecule has 0 amide bonds. The van der Waals surface area contributed by atoms with Crippen molar-refractivity contribution in [3.63, 3.8) is 0 Å². The van der Waals surface area contributed by atoms with Crippen LogP contribution >= 0.6 is 27.3 Å². The standard InChI is InChI=1S/C12H19BrN2S/c1-2-15(7-9-3-4-9)11(6-14)12-5-10(13)8-16-12/h5,8-9,11H,2-4,6-7,14H2,1H3. The molecule has 1 fully saturated rings. The first-order chi connectivity index (χ1) is 7.74. The van der Waals surface area contributed by atoms with Crippen LogP contribution in [0.3, 0.4) is 0 Å². The van der Waals surface area contributed by atoms with Crippen LogP contribution in [0.4, 0.5) is 0 Å². The Morgan fingerprint density at radius 2 is 2.38 bits per heavy atom. The Bertz CT molecular complexity index is 336. The van der Waals surface area contributed by atoms with Crippen molar-refractivity contribution in [3.05, 3.63) is 20.8 Å². The Morgan fingerprint density at radius 3 is 2.81 bits per heavy atom. The summed E-state index contributed by atoms with van der Waals surface area (Å²) in [4.78, 5) is 3.91. The number of hydrogen-bond donors (Lipinski definition) is 1. The van der Waals surface area contributed by atoms with Gasteiger partial charge in [-0.1, -0.05) is 6.92 Å². The van der Waals surface area contributed by atoms with Gasteiger partial charge < -0.3 is 5.73 Å². The Balaban J connectivity index is 2.06. The van der Waals surface area contributed by atoms with E-state index in [1.165, 1.54) is 28.7 Å². The molecule has 0 saturated heterocycles. The monoisotopic (exact) mass is 302 g/mol. The molecule has 16 heavy (non-hydrogen) atoms. The zero-order chi connectivity index (χ0) is 11.5. The molecule has 1 aliphatic rings. The quantitative estimate of drug-likeness (QED) is 0.874. The molecule has 1 saturated carbocycles. The second-order valence-electron chi connectivity index (χ2n) is 4.45. The van der Waals surface area contributed by atoms with Gasteiger partial charge in [-0.15, -0.1) is 11.3 Å². The van der Waals surface area contributed by atoms with E-state index in [0.717, 1.165) is 12.5 Å². The summed E-state index contributed by atoms with van der Waals surface area (Å²) in [5, 5.41) is 2.14. The molecule has 1 aromatic heterocycles. The van der Waals surface area contributed by atoms with Gasteiger partial charge in [-0.2, -0.15) is 0 Å². The highest BCUT2D eigenvalue weighted by molar-refractivity contribution is 9.10. The number of halogens is 1. The molecule has 2 rings (SSSR count). The van der Waals surface area contributed by atoms with Crippen LogP contribution in [0.15, 0.2) is 15.9 Å². The van der Waals surface area contributed by atoms with Crippen LogP contribution in [0, 0.1) is 5.92 Å². The van der Waals surface area contributed by atoms with Crippen molar-refractivity contribution in [1.82, 2.24) is 4.90 Å². The fraction of sp³-hybridized carbons (Fsp3) is 0.667. The molecule has 2 N–H and O–H groups in total. The predicted octanol–water partition coefficient (Wildman–Crippen LogP) is 3.24. The van der Waals surface area contributed by atoms with Crippen LogP contribution in [0.1, 0.15) is 30.7 Å². The summed E-state index contributed by atoms with van der Waals surface area (Å²) in [5.41, 5.74) is 5.94. The maximum atomic E-state index is 5.94. The molecule has 1 heterocycles. The number of hydrogen-bond acceptors (Lipinski definition) is 3. The van der Waals surface area contributed by atoms with E-state index in [1.54, 1.807) is 11.3 Å². The molecule has 0 radical (unpaired) electrons. The van der Waals surface area contributed by atoms with Crippen molar-refractivity contribution in [2.45, 2.75) is 25.8 Å². The van der Waals surface area contributed by atoms with Gasteiger partial charge in [0.05, 0.1) is 6.04 Å². The molecule has 1 unspecified atom stereocenters. The van der Waals surface area contributed by atoms with Crippen LogP contribution in [0.2, 0.25) is 0 Å². The number of nitrogens with two attached hydrogens (primary N) is 1. The second kappa shape index (κ2) is 5.63. The molecule has 1 aromatic rings. The topological polar surface area (TPSA) is 29.3 Å². The maximum Gasteiger partial charge on any atom is 0.0564 e. The summed E-state index contributed by atoms with van der Waals surface area (Å²) in [6.07, 6.45) is 2.81. The summed E-state index contributed by atoms with van der Waals surface area (Å²) >= 11 is 5.32. The van der Waals surface area contributed by atoms with Gasteiger partial charge in [0.25, 0.3) is 0 Å². The second-order valence-corrected chi connectivity index (χ2v) is 6.31. The Hall–Kier alpha value is 0.1000. The molecule has 1 atom stereocenters. The number of likely N-dealkylation sites (N-methyl/N-ethyl adjacent to an activating group) is 1. The highest BCUT2D eigenvalue weighted by atomic mass is 79.9. The van der Waals surface area contributed by atoms with E-state index < -0.39 is 0 Å². The lowest BCUT2D eigenvalue weighted by atomic mass is 10.2.